The van der Waals surface area contributed by atoms with Gasteiger partial charge in [0.2, 0.25) is 0 Å². The van der Waals surface area contributed by atoms with E-state index >= 15 is 0 Å². The minimum atomic E-state index is 0.728. The number of aryl methyl sites for hydroxylation is 3. The second-order valence-corrected chi connectivity index (χ2v) is 4.40. The maximum atomic E-state index is 5.68. The summed E-state index contributed by atoms with van der Waals surface area (Å²) >= 11 is 0. The predicted octanol–water partition coefficient (Wildman–Crippen LogP) is 1.98. The molecule has 5 nitrogen and oxygen atoms in total. The molecule has 18 heavy (non-hydrogen) atoms. The van der Waals surface area contributed by atoms with Crippen molar-refractivity contribution in [1.82, 2.24) is 14.8 Å². The molecule has 3 N–H and O–H groups in total. The third-order valence-electron chi connectivity index (χ3n) is 2.74. The van der Waals surface area contributed by atoms with Gasteiger partial charge in [-0.25, -0.2) is 4.98 Å². The van der Waals surface area contributed by atoms with E-state index in [2.05, 4.69) is 28.4 Å². The summed E-state index contributed by atoms with van der Waals surface area (Å²) in [5, 5.41) is 7.67. The van der Waals surface area contributed by atoms with Crippen molar-refractivity contribution in [1.29, 1.82) is 0 Å². The maximum Gasteiger partial charge on any atom is 0.127 e. The molecule has 2 aromatic rings. The van der Waals surface area contributed by atoms with Crippen molar-refractivity contribution in [2.24, 2.45) is 0 Å². The number of pyridine rings is 1. The summed E-state index contributed by atoms with van der Waals surface area (Å²) in [6, 6.07) is 5.71. The fourth-order valence-electron chi connectivity index (χ4n) is 1.89. The number of nitrogen functional groups attached to an aromatic ring is 1. The zero-order valence-corrected chi connectivity index (χ0v) is 10.8. The van der Waals surface area contributed by atoms with Crippen LogP contribution in [0.25, 0.3) is 0 Å². The molecule has 2 aromatic heterocycles. The van der Waals surface area contributed by atoms with Gasteiger partial charge in [-0.05, 0) is 32.4 Å². The number of nitrogens with two attached hydrogens (primary N) is 1. The summed E-state index contributed by atoms with van der Waals surface area (Å²) in [4.78, 5) is 4.19. The van der Waals surface area contributed by atoms with E-state index in [9.17, 15) is 0 Å². The molecule has 96 valence electrons. The predicted molar refractivity (Wildman–Crippen MR) is 73.5 cm³/mol. The Labute approximate surface area is 107 Å². The van der Waals surface area contributed by atoms with Gasteiger partial charge in [0.05, 0.1) is 5.69 Å². The zero-order valence-electron chi connectivity index (χ0n) is 10.8. The highest BCUT2D eigenvalue weighted by Crippen LogP contribution is 2.08. The molecule has 5 heteroatoms. The van der Waals surface area contributed by atoms with Gasteiger partial charge in [0.1, 0.15) is 5.82 Å². The van der Waals surface area contributed by atoms with Crippen molar-refractivity contribution < 1.29 is 0 Å². The van der Waals surface area contributed by atoms with Crippen LogP contribution in [0.3, 0.4) is 0 Å². The van der Waals surface area contributed by atoms with Crippen LogP contribution < -0.4 is 11.1 Å². The minimum absolute atomic E-state index is 0.728. The van der Waals surface area contributed by atoms with Gasteiger partial charge in [0.15, 0.2) is 0 Å². The lowest BCUT2D eigenvalue weighted by Crippen LogP contribution is -2.09. The smallest absolute Gasteiger partial charge is 0.127 e. The lowest BCUT2D eigenvalue weighted by Gasteiger charge is -2.07. The van der Waals surface area contributed by atoms with Crippen molar-refractivity contribution in [3.05, 3.63) is 35.8 Å². The summed E-state index contributed by atoms with van der Waals surface area (Å²) in [6.07, 6.45) is 2.71. The molecule has 2 heterocycles. The molecular formula is C13H19N5. The average molecular weight is 245 g/mol. The van der Waals surface area contributed by atoms with E-state index in [0.29, 0.717) is 0 Å². The SMILES string of the molecule is Cc1cc(C)n(CCCNc2cc(N)ccn2)n1. The molecule has 0 spiro atoms. The van der Waals surface area contributed by atoms with Gasteiger partial charge in [0.25, 0.3) is 0 Å². The lowest BCUT2D eigenvalue weighted by molar-refractivity contribution is 0.573. The molecule has 0 aromatic carbocycles. The van der Waals surface area contributed by atoms with Gasteiger partial charge in [-0.2, -0.15) is 5.10 Å². The molecule has 0 fully saturated rings. The minimum Gasteiger partial charge on any atom is -0.399 e. The fraction of sp³-hybridized carbons (Fsp3) is 0.385. The van der Waals surface area contributed by atoms with E-state index in [1.54, 1.807) is 12.3 Å². The largest absolute Gasteiger partial charge is 0.399 e. The van der Waals surface area contributed by atoms with E-state index in [1.165, 1.54) is 5.69 Å². The maximum absolute atomic E-state index is 5.68. The molecule has 0 saturated heterocycles. The van der Waals surface area contributed by atoms with E-state index in [1.807, 2.05) is 17.7 Å². The highest BCUT2D eigenvalue weighted by molar-refractivity contribution is 5.48. The molecule has 0 radical (unpaired) electrons. The fourth-order valence-corrected chi connectivity index (χ4v) is 1.89. The van der Waals surface area contributed by atoms with Crippen molar-refractivity contribution in [3.8, 4) is 0 Å². The van der Waals surface area contributed by atoms with Crippen LogP contribution in [0.15, 0.2) is 24.4 Å². The molecule has 0 aliphatic carbocycles. The number of nitrogens with zero attached hydrogens (tertiary/aromatic N) is 3. The van der Waals surface area contributed by atoms with Gasteiger partial charge in [-0.3, -0.25) is 4.68 Å². The topological polar surface area (TPSA) is 68.8 Å². The summed E-state index contributed by atoms with van der Waals surface area (Å²) in [7, 11) is 0. The van der Waals surface area contributed by atoms with Crippen LogP contribution in [0.1, 0.15) is 17.8 Å². The van der Waals surface area contributed by atoms with Crippen LogP contribution in [0.5, 0.6) is 0 Å². The Bertz CT molecular complexity index is 518. The molecule has 0 aliphatic rings. The summed E-state index contributed by atoms with van der Waals surface area (Å²) in [6.45, 7) is 5.86. The first kappa shape index (κ1) is 12.4. The van der Waals surface area contributed by atoms with Crippen LogP contribution in [0, 0.1) is 13.8 Å². The molecular weight excluding hydrogens is 226 g/mol. The van der Waals surface area contributed by atoms with Gasteiger partial charge in [0, 0.05) is 36.7 Å². The molecule has 0 bridgehead atoms. The van der Waals surface area contributed by atoms with Crippen LogP contribution >= 0.6 is 0 Å². The highest BCUT2D eigenvalue weighted by Gasteiger charge is 2.00. The van der Waals surface area contributed by atoms with Gasteiger partial charge in [-0.1, -0.05) is 0 Å². The van der Waals surface area contributed by atoms with Crippen LogP contribution in [-0.4, -0.2) is 21.3 Å². The van der Waals surface area contributed by atoms with Gasteiger partial charge < -0.3 is 11.1 Å². The quantitative estimate of drug-likeness (QED) is 0.790. The number of hydrogen-bond donors (Lipinski definition) is 2. The Kier molecular flexibility index (Phi) is 3.82. The summed E-state index contributed by atoms with van der Waals surface area (Å²) in [5.41, 5.74) is 8.68. The molecule has 2 rings (SSSR count). The van der Waals surface area contributed by atoms with Crippen LogP contribution in [-0.2, 0) is 6.54 Å². The van der Waals surface area contributed by atoms with Gasteiger partial charge >= 0.3 is 0 Å². The normalized spacial score (nSPS) is 10.6. The Morgan fingerprint density at radius 3 is 2.83 bits per heavy atom. The Morgan fingerprint density at radius 2 is 2.17 bits per heavy atom. The number of aromatic nitrogens is 3. The molecule has 0 saturated carbocycles. The molecule has 0 amide bonds. The first-order valence-corrected chi connectivity index (χ1v) is 6.11. The second kappa shape index (κ2) is 5.53. The van der Waals surface area contributed by atoms with Crippen molar-refractivity contribution in [3.63, 3.8) is 0 Å². The Balaban J connectivity index is 1.78. The van der Waals surface area contributed by atoms with Crippen LogP contribution in [0.4, 0.5) is 11.5 Å². The van der Waals surface area contributed by atoms with E-state index < -0.39 is 0 Å². The first-order chi connectivity index (χ1) is 8.65. The van der Waals surface area contributed by atoms with E-state index in [0.717, 1.165) is 36.7 Å². The number of anilines is 2. The average Bonchev–Trinajstić information content (AvgIpc) is 2.64. The summed E-state index contributed by atoms with van der Waals surface area (Å²) in [5.74, 6) is 0.823. The Hall–Kier alpha value is -2.04. The van der Waals surface area contributed by atoms with Crippen molar-refractivity contribution in [2.75, 3.05) is 17.6 Å². The third kappa shape index (κ3) is 3.23. The third-order valence-corrected chi connectivity index (χ3v) is 2.74. The van der Waals surface area contributed by atoms with E-state index in [4.69, 9.17) is 5.73 Å². The number of nitrogens with one attached hydrogen (secondary N) is 1. The molecule has 0 unspecified atom stereocenters. The molecule has 0 aliphatic heterocycles. The van der Waals surface area contributed by atoms with E-state index in [-0.39, 0.29) is 0 Å². The summed E-state index contributed by atoms with van der Waals surface area (Å²) < 4.78 is 2.03. The zero-order chi connectivity index (χ0) is 13.0. The highest BCUT2D eigenvalue weighted by atomic mass is 15.3. The van der Waals surface area contributed by atoms with Crippen LogP contribution in [0.2, 0.25) is 0 Å². The number of rotatable bonds is 5. The Morgan fingerprint density at radius 1 is 1.33 bits per heavy atom. The lowest BCUT2D eigenvalue weighted by atomic mass is 10.3. The van der Waals surface area contributed by atoms with Crippen molar-refractivity contribution >= 4 is 11.5 Å². The van der Waals surface area contributed by atoms with Crippen molar-refractivity contribution in [2.45, 2.75) is 26.8 Å². The van der Waals surface area contributed by atoms with Gasteiger partial charge in [-0.15, -0.1) is 0 Å². The molecule has 0 atom stereocenters. The first-order valence-electron chi connectivity index (χ1n) is 6.11. The number of hydrogen-bond acceptors (Lipinski definition) is 4. The monoisotopic (exact) mass is 245 g/mol. The standard InChI is InChI=1S/C13H19N5/c1-10-8-11(2)18(17-10)7-3-5-15-13-9-12(14)4-6-16-13/h4,6,8-9H,3,5,7H2,1-2H3,(H3,14,15,16). The second-order valence-electron chi connectivity index (χ2n) is 4.40.